The van der Waals surface area contributed by atoms with Gasteiger partial charge in [0.25, 0.3) is 0 Å². The molecule has 2 aromatic heterocycles. The van der Waals surface area contributed by atoms with Crippen molar-refractivity contribution in [1.82, 2.24) is 9.55 Å². The Morgan fingerprint density at radius 2 is 1.87 bits per heavy atom. The second-order valence-corrected chi connectivity index (χ2v) is 10.4. The minimum atomic E-state index is 0.156. The lowest BCUT2D eigenvalue weighted by Crippen LogP contribution is -2.15. The van der Waals surface area contributed by atoms with E-state index in [2.05, 4.69) is 60.9 Å². The normalized spacial score (nSPS) is 13.5. The average Bonchev–Trinajstić information content (AvgIpc) is 3.12. The van der Waals surface area contributed by atoms with Gasteiger partial charge in [0.15, 0.2) is 5.16 Å². The standard InChI is InChI=1S/C26H26N2OS2/c1-17-12-13-20(18(2)14-17)16-30-26-27-23-24(29)21-10-6-7-11-22(21)31-25(23)28(26)15-19-8-4-3-5-9-19/h3-5,8-9,12-14H,6-7,10-11,15-16H2,1-2H3. The van der Waals surface area contributed by atoms with Crippen LogP contribution in [0.2, 0.25) is 0 Å². The number of imidazole rings is 1. The first-order valence-electron chi connectivity index (χ1n) is 10.9. The summed E-state index contributed by atoms with van der Waals surface area (Å²) in [6.07, 6.45) is 4.21. The van der Waals surface area contributed by atoms with Crippen molar-refractivity contribution in [2.24, 2.45) is 0 Å². The smallest absolute Gasteiger partial charge is 0.211 e. The van der Waals surface area contributed by atoms with Crippen molar-refractivity contribution >= 4 is 33.4 Å². The molecule has 0 amide bonds. The first-order chi connectivity index (χ1) is 15.1. The molecule has 0 aliphatic heterocycles. The van der Waals surface area contributed by atoms with Crippen molar-refractivity contribution in [3.8, 4) is 0 Å². The van der Waals surface area contributed by atoms with Crippen LogP contribution in [0.4, 0.5) is 0 Å². The zero-order valence-electron chi connectivity index (χ0n) is 18.0. The van der Waals surface area contributed by atoms with E-state index >= 15 is 0 Å². The maximum absolute atomic E-state index is 13.3. The predicted octanol–water partition coefficient (Wildman–Crippen LogP) is 6.29. The van der Waals surface area contributed by atoms with E-state index in [1.54, 1.807) is 23.1 Å². The summed E-state index contributed by atoms with van der Waals surface area (Å²) < 4.78 is 2.26. The van der Waals surface area contributed by atoms with Crippen molar-refractivity contribution in [2.45, 2.75) is 57.0 Å². The quantitative estimate of drug-likeness (QED) is 0.338. The molecule has 5 heteroatoms. The van der Waals surface area contributed by atoms with E-state index in [4.69, 9.17) is 4.98 Å². The highest BCUT2D eigenvalue weighted by molar-refractivity contribution is 7.98. The Balaban J connectivity index is 1.59. The number of aryl methyl sites for hydroxylation is 3. The van der Waals surface area contributed by atoms with Gasteiger partial charge in [0.2, 0.25) is 5.43 Å². The highest BCUT2D eigenvalue weighted by atomic mass is 32.2. The Morgan fingerprint density at radius 1 is 1.06 bits per heavy atom. The van der Waals surface area contributed by atoms with Gasteiger partial charge in [0.05, 0.1) is 6.54 Å². The van der Waals surface area contributed by atoms with Gasteiger partial charge in [-0.3, -0.25) is 4.79 Å². The molecular weight excluding hydrogens is 420 g/mol. The molecule has 3 nitrogen and oxygen atoms in total. The number of benzene rings is 2. The van der Waals surface area contributed by atoms with E-state index < -0.39 is 0 Å². The molecule has 0 spiro atoms. The third-order valence-corrected chi connectivity index (χ3v) is 8.38. The minimum absolute atomic E-state index is 0.156. The van der Waals surface area contributed by atoms with E-state index in [0.717, 1.165) is 47.1 Å². The van der Waals surface area contributed by atoms with Crippen LogP contribution in [0.25, 0.3) is 10.3 Å². The van der Waals surface area contributed by atoms with E-state index in [-0.39, 0.29) is 5.43 Å². The molecule has 0 saturated heterocycles. The zero-order valence-corrected chi connectivity index (χ0v) is 19.6. The van der Waals surface area contributed by atoms with Crippen LogP contribution in [0.1, 0.15) is 45.5 Å². The number of hydrogen-bond donors (Lipinski definition) is 0. The highest BCUT2D eigenvalue weighted by Crippen LogP contribution is 2.33. The van der Waals surface area contributed by atoms with Gasteiger partial charge in [-0.2, -0.15) is 0 Å². The first-order valence-corrected chi connectivity index (χ1v) is 12.7. The van der Waals surface area contributed by atoms with Gasteiger partial charge in [0, 0.05) is 16.2 Å². The fourth-order valence-electron chi connectivity index (χ4n) is 4.33. The number of aromatic nitrogens is 2. The molecule has 0 radical (unpaired) electrons. The van der Waals surface area contributed by atoms with Gasteiger partial charge >= 0.3 is 0 Å². The molecule has 158 valence electrons. The van der Waals surface area contributed by atoms with Gasteiger partial charge in [-0.15, -0.1) is 11.3 Å². The van der Waals surface area contributed by atoms with E-state index in [0.29, 0.717) is 5.52 Å². The van der Waals surface area contributed by atoms with E-state index in [1.165, 1.54) is 33.6 Å². The van der Waals surface area contributed by atoms with Crippen molar-refractivity contribution in [1.29, 1.82) is 0 Å². The van der Waals surface area contributed by atoms with Crippen LogP contribution < -0.4 is 5.43 Å². The van der Waals surface area contributed by atoms with Crippen LogP contribution >= 0.6 is 23.1 Å². The Bertz CT molecular complexity index is 1300. The Morgan fingerprint density at radius 3 is 2.68 bits per heavy atom. The molecule has 1 aliphatic rings. The monoisotopic (exact) mass is 446 g/mol. The maximum Gasteiger partial charge on any atom is 0.211 e. The van der Waals surface area contributed by atoms with Crippen molar-refractivity contribution in [3.63, 3.8) is 0 Å². The average molecular weight is 447 g/mol. The summed E-state index contributed by atoms with van der Waals surface area (Å²) in [6, 6.07) is 17.1. The highest BCUT2D eigenvalue weighted by Gasteiger charge is 2.22. The molecule has 1 aliphatic carbocycles. The number of thioether (sulfide) groups is 1. The molecule has 0 bridgehead atoms. The van der Waals surface area contributed by atoms with Gasteiger partial charge in [-0.1, -0.05) is 65.9 Å². The number of nitrogens with zero attached hydrogens (tertiary/aromatic N) is 2. The Labute approximate surface area is 191 Å². The SMILES string of the molecule is Cc1ccc(CSc2nc3c(=O)c4c(sc3n2Cc2ccccc2)CCCC4)c(C)c1. The van der Waals surface area contributed by atoms with E-state index in [9.17, 15) is 4.79 Å². The minimum Gasteiger partial charge on any atom is -0.306 e. The van der Waals surface area contributed by atoms with Gasteiger partial charge in [-0.25, -0.2) is 4.98 Å². The summed E-state index contributed by atoms with van der Waals surface area (Å²) in [7, 11) is 0. The third-order valence-electron chi connectivity index (χ3n) is 6.05. The summed E-state index contributed by atoms with van der Waals surface area (Å²) in [5.74, 6) is 0.850. The fourth-order valence-corrected chi connectivity index (χ4v) is 6.75. The van der Waals surface area contributed by atoms with Crippen LogP contribution in [-0.2, 0) is 25.1 Å². The summed E-state index contributed by atoms with van der Waals surface area (Å²) in [5, 5.41) is 0.939. The van der Waals surface area contributed by atoms with Crippen LogP contribution in [0.3, 0.4) is 0 Å². The number of hydrogen-bond acceptors (Lipinski definition) is 4. The molecule has 2 heterocycles. The van der Waals surface area contributed by atoms with Gasteiger partial charge in [0.1, 0.15) is 10.3 Å². The molecule has 0 fully saturated rings. The van der Waals surface area contributed by atoms with Crippen LogP contribution in [0.5, 0.6) is 0 Å². The van der Waals surface area contributed by atoms with Crippen molar-refractivity contribution in [2.75, 3.05) is 0 Å². The zero-order chi connectivity index (χ0) is 21.4. The first kappa shape index (κ1) is 20.5. The van der Waals surface area contributed by atoms with Crippen molar-refractivity contribution < 1.29 is 0 Å². The molecule has 0 saturated carbocycles. The summed E-state index contributed by atoms with van der Waals surface area (Å²) in [6.45, 7) is 5.03. The lowest BCUT2D eigenvalue weighted by Gasteiger charge is -2.14. The summed E-state index contributed by atoms with van der Waals surface area (Å²) >= 11 is 3.52. The molecule has 2 aromatic carbocycles. The largest absolute Gasteiger partial charge is 0.306 e. The third kappa shape index (κ3) is 4.09. The molecule has 4 aromatic rings. The lowest BCUT2D eigenvalue weighted by atomic mass is 9.98. The summed E-state index contributed by atoms with van der Waals surface area (Å²) in [5.41, 5.74) is 6.96. The van der Waals surface area contributed by atoms with Gasteiger partial charge < -0.3 is 4.57 Å². The molecule has 0 unspecified atom stereocenters. The van der Waals surface area contributed by atoms with E-state index in [1.807, 2.05) is 6.07 Å². The molecule has 0 N–H and O–H groups in total. The molecular formula is C26H26N2OS2. The molecule has 31 heavy (non-hydrogen) atoms. The lowest BCUT2D eigenvalue weighted by molar-refractivity contribution is 0.692. The Kier molecular flexibility index (Phi) is 5.72. The molecule has 0 atom stereocenters. The number of fused-ring (bicyclic) bond motifs is 2. The maximum atomic E-state index is 13.3. The van der Waals surface area contributed by atoms with Crippen molar-refractivity contribution in [3.05, 3.63) is 91.4 Å². The molecule has 5 rings (SSSR count). The Hall–Kier alpha value is -2.37. The topological polar surface area (TPSA) is 34.9 Å². The van der Waals surface area contributed by atoms with Crippen LogP contribution in [-0.4, -0.2) is 9.55 Å². The van der Waals surface area contributed by atoms with Crippen LogP contribution in [0.15, 0.2) is 58.5 Å². The second-order valence-electron chi connectivity index (χ2n) is 8.38. The fraction of sp³-hybridized carbons (Fsp3) is 0.308. The van der Waals surface area contributed by atoms with Crippen LogP contribution in [0, 0.1) is 13.8 Å². The summed E-state index contributed by atoms with van der Waals surface area (Å²) in [4.78, 5) is 20.5. The second kappa shape index (κ2) is 8.64. The predicted molar refractivity (Wildman–Crippen MR) is 132 cm³/mol. The number of rotatable bonds is 5. The van der Waals surface area contributed by atoms with Gasteiger partial charge in [-0.05, 0) is 56.2 Å².